The zero-order valence-corrected chi connectivity index (χ0v) is 16.5. The van der Waals surface area contributed by atoms with Crippen LogP contribution in [0.4, 0.5) is 0 Å². The Bertz CT molecular complexity index is 1030. The van der Waals surface area contributed by atoms with Gasteiger partial charge in [-0.1, -0.05) is 54.6 Å². The number of fused-ring (bicyclic) bond motifs is 1. The molecule has 142 valence electrons. The van der Waals surface area contributed by atoms with Crippen LogP contribution in [0.1, 0.15) is 28.6 Å². The largest absolute Gasteiger partial charge is 0.340 e. The van der Waals surface area contributed by atoms with E-state index < -0.39 is 6.04 Å². The molecule has 1 aliphatic heterocycles. The summed E-state index contributed by atoms with van der Waals surface area (Å²) in [6, 6.07) is 17.8. The second kappa shape index (κ2) is 7.98. The quantitative estimate of drug-likeness (QED) is 0.721. The number of hydrogen-bond acceptors (Lipinski definition) is 3. The van der Waals surface area contributed by atoms with Crippen LogP contribution >= 0.6 is 11.3 Å². The fourth-order valence-corrected chi connectivity index (χ4v) is 4.26. The Morgan fingerprint density at radius 1 is 1.07 bits per heavy atom. The van der Waals surface area contributed by atoms with Gasteiger partial charge in [0, 0.05) is 13.1 Å². The Kier molecular flexibility index (Phi) is 5.26. The van der Waals surface area contributed by atoms with Crippen molar-refractivity contribution >= 4 is 39.5 Å². The first-order valence-electron chi connectivity index (χ1n) is 9.44. The van der Waals surface area contributed by atoms with Crippen LogP contribution in [0.3, 0.4) is 0 Å². The van der Waals surface area contributed by atoms with Crippen molar-refractivity contribution in [1.82, 2.24) is 10.2 Å². The summed E-state index contributed by atoms with van der Waals surface area (Å²) < 4.78 is 0. The first kappa shape index (κ1) is 18.4. The molecule has 0 saturated heterocycles. The third-order valence-electron chi connectivity index (χ3n) is 5.12. The maximum absolute atomic E-state index is 12.7. The molecule has 1 N–H and O–H groups in total. The third-order valence-corrected chi connectivity index (χ3v) is 5.99. The Hall–Kier alpha value is -2.92. The van der Waals surface area contributed by atoms with Crippen LogP contribution in [0.2, 0.25) is 0 Å². The molecule has 1 aromatic heterocycles. The van der Waals surface area contributed by atoms with Crippen LogP contribution in [0.25, 0.3) is 16.3 Å². The highest BCUT2D eigenvalue weighted by molar-refractivity contribution is 7.12. The van der Waals surface area contributed by atoms with Crippen molar-refractivity contribution in [3.63, 3.8) is 0 Å². The summed E-state index contributed by atoms with van der Waals surface area (Å²) in [6.07, 6.45) is 2.95. The number of benzene rings is 2. The first-order chi connectivity index (χ1) is 13.6. The molecule has 4 nitrogen and oxygen atoms in total. The number of carbonyl (C=O) groups excluding carboxylic acids is 2. The van der Waals surface area contributed by atoms with Gasteiger partial charge in [-0.3, -0.25) is 9.59 Å². The van der Waals surface area contributed by atoms with Crippen LogP contribution in [-0.4, -0.2) is 35.8 Å². The molecule has 4 rings (SSSR count). The van der Waals surface area contributed by atoms with Crippen LogP contribution in [0.15, 0.2) is 66.1 Å². The van der Waals surface area contributed by atoms with E-state index in [-0.39, 0.29) is 11.8 Å². The Labute approximate surface area is 168 Å². The number of nitrogens with one attached hydrogen (secondary N) is 1. The topological polar surface area (TPSA) is 49.4 Å². The summed E-state index contributed by atoms with van der Waals surface area (Å²) in [5.41, 5.74) is 2.51. The molecule has 2 aromatic carbocycles. The molecule has 2 heterocycles. The van der Waals surface area contributed by atoms with Gasteiger partial charge >= 0.3 is 0 Å². The fraction of sp³-hybridized carbons (Fsp3) is 0.217. The lowest BCUT2D eigenvalue weighted by Crippen LogP contribution is -2.48. The van der Waals surface area contributed by atoms with Crippen molar-refractivity contribution in [3.8, 4) is 0 Å². The molecule has 1 atom stereocenters. The average Bonchev–Trinajstić information content (AvgIpc) is 3.28. The second-order valence-electron chi connectivity index (χ2n) is 6.96. The SMILES string of the molecule is CC(NC(=O)c1cccs1)C(=O)N1CC=C(c2cccc3ccccc23)CC1. The Morgan fingerprint density at radius 2 is 1.89 bits per heavy atom. The normalized spacial score (nSPS) is 15.2. The number of rotatable bonds is 4. The summed E-state index contributed by atoms with van der Waals surface area (Å²) in [7, 11) is 0. The summed E-state index contributed by atoms with van der Waals surface area (Å²) in [5, 5.41) is 7.13. The zero-order chi connectivity index (χ0) is 19.5. The number of carbonyl (C=O) groups is 2. The highest BCUT2D eigenvalue weighted by Crippen LogP contribution is 2.29. The molecule has 28 heavy (non-hydrogen) atoms. The van der Waals surface area contributed by atoms with E-state index in [1.807, 2.05) is 22.4 Å². The lowest BCUT2D eigenvalue weighted by molar-refractivity contribution is -0.132. The smallest absolute Gasteiger partial charge is 0.261 e. The predicted molar refractivity (Wildman–Crippen MR) is 114 cm³/mol. The molecule has 3 aromatic rings. The van der Waals surface area contributed by atoms with Crippen molar-refractivity contribution in [2.45, 2.75) is 19.4 Å². The highest BCUT2D eigenvalue weighted by atomic mass is 32.1. The van der Waals surface area contributed by atoms with Crippen LogP contribution in [0, 0.1) is 0 Å². The van der Waals surface area contributed by atoms with Gasteiger partial charge in [0.2, 0.25) is 5.91 Å². The maximum atomic E-state index is 12.7. The third kappa shape index (κ3) is 3.71. The Balaban J connectivity index is 1.44. The van der Waals surface area contributed by atoms with E-state index in [1.165, 1.54) is 33.2 Å². The minimum Gasteiger partial charge on any atom is -0.340 e. The molecule has 5 heteroatoms. The van der Waals surface area contributed by atoms with Gasteiger partial charge in [0.15, 0.2) is 0 Å². The fourth-order valence-electron chi connectivity index (χ4n) is 3.63. The van der Waals surface area contributed by atoms with Gasteiger partial charge in [-0.05, 0) is 46.7 Å². The van der Waals surface area contributed by atoms with Gasteiger partial charge in [-0.2, -0.15) is 0 Å². The Morgan fingerprint density at radius 3 is 2.64 bits per heavy atom. The van der Waals surface area contributed by atoms with Gasteiger partial charge in [0.05, 0.1) is 4.88 Å². The number of nitrogens with zero attached hydrogens (tertiary/aromatic N) is 1. The zero-order valence-electron chi connectivity index (χ0n) is 15.7. The van der Waals surface area contributed by atoms with Crippen molar-refractivity contribution < 1.29 is 9.59 Å². The van der Waals surface area contributed by atoms with Crippen molar-refractivity contribution in [3.05, 3.63) is 76.5 Å². The van der Waals surface area contributed by atoms with Gasteiger partial charge < -0.3 is 10.2 Å². The van der Waals surface area contributed by atoms with E-state index in [2.05, 4.69) is 47.8 Å². The van der Waals surface area contributed by atoms with Crippen LogP contribution in [0.5, 0.6) is 0 Å². The molecule has 0 bridgehead atoms. The van der Waals surface area contributed by atoms with Gasteiger partial charge in [0.25, 0.3) is 5.91 Å². The van der Waals surface area contributed by atoms with E-state index in [0.29, 0.717) is 18.0 Å². The van der Waals surface area contributed by atoms with Crippen molar-refractivity contribution in [2.24, 2.45) is 0 Å². The molecule has 0 fully saturated rings. The predicted octanol–water partition coefficient (Wildman–Crippen LogP) is 4.34. The summed E-state index contributed by atoms with van der Waals surface area (Å²) in [4.78, 5) is 27.4. The van der Waals surface area contributed by atoms with E-state index in [0.717, 1.165) is 6.42 Å². The minimum absolute atomic E-state index is 0.0434. The number of thiophene rings is 1. The van der Waals surface area contributed by atoms with E-state index in [4.69, 9.17) is 0 Å². The van der Waals surface area contributed by atoms with E-state index >= 15 is 0 Å². The number of amides is 2. The molecule has 0 aliphatic carbocycles. The molecule has 1 unspecified atom stereocenters. The molecule has 1 aliphatic rings. The van der Waals surface area contributed by atoms with Crippen LogP contribution in [-0.2, 0) is 4.79 Å². The second-order valence-corrected chi connectivity index (χ2v) is 7.91. The van der Waals surface area contributed by atoms with Crippen LogP contribution < -0.4 is 5.32 Å². The minimum atomic E-state index is -0.540. The summed E-state index contributed by atoms with van der Waals surface area (Å²) >= 11 is 1.37. The van der Waals surface area contributed by atoms with Crippen molar-refractivity contribution in [2.75, 3.05) is 13.1 Å². The lowest BCUT2D eigenvalue weighted by atomic mass is 9.94. The standard InChI is InChI=1S/C23H22N2O2S/c1-16(24-22(26)21-10-5-15-28-21)23(27)25-13-11-18(12-14-25)20-9-4-7-17-6-2-3-8-19(17)20/h2-11,15-16H,12-14H2,1H3,(H,24,26). The molecule has 0 saturated carbocycles. The molecule has 0 spiro atoms. The van der Waals surface area contributed by atoms with E-state index in [1.54, 1.807) is 13.0 Å². The monoisotopic (exact) mass is 390 g/mol. The number of hydrogen-bond donors (Lipinski definition) is 1. The maximum Gasteiger partial charge on any atom is 0.261 e. The van der Waals surface area contributed by atoms with Gasteiger partial charge in [-0.15, -0.1) is 11.3 Å². The molecular formula is C23H22N2O2S. The van der Waals surface area contributed by atoms with Crippen molar-refractivity contribution in [1.29, 1.82) is 0 Å². The highest BCUT2D eigenvalue weighted by Gasteiger charge is 2.24. The molecule has 0 radical (unpaired) electrons. The first-order valence-corrected chi connectivity index (χ1v) is 10.3. The van der Waals surface area contributed by atoms with Gasteiger partial charge in [0.1, 0.15) is 6.04 Å². The van der Waals surface area contributed by atoms with Gasteiger partial charge in [-0.25, -0.2) is 0 Å². The summed E-state index contributed by atoms with van der Waals surface area (Å²) in [6.45, 7) is 2.97. The molecular weight excluding hydrogens is 368 g/mol. The summed E-state index contributed by atoms with van der Waals surface area (Å²) in [5.74, 6) is -0.238. The average molecular weight is 391 g/mol. The lowest BCUT2D eigenvalue weighted by Gasteiger charge is -2.29. The molecule has 2 amide bonds. The van der Waals surface area contributed by atoms with E-state index in [9.17, 15) is 9.59 Å².